The summed E-state index contributed by atoms with van der Waals surface area (Å²) in [6.07, 6.45) is 6.00. The number of fused-ring (bicyclic) bond motifs is 1. The molecule has 0 unspecified atom stereocenters. The first-order chi connectivity index (χ1) is 14.3. The summed E-state index contributed by atoms with van der Waals surface area (Å²) in [6.45, 7) is 0. The molecule has 1 saturated carbocycles. The average Bonchev–Trinajstić information content (AvgIpc) is 3.45. The first kappa shape index (κ1) is 17.5. The lowest BCUT2D eigenvalue weighted by molar-refractivity contribution is -0.119. The van der Waals surface area contributed by atoms with Crippen LogP contribution in [-0.4, -0.2) is 30.7 Å². The number of aromatic nitrogens is 5. The fraction of sp³-hybridized carbons (Fsp3) is 0.227. The zero-order chi connectivity index (χ0) is 19.6. The monoisotopic (exact) mass is 384 g/mol. The topological polar surface area (TPSA) is 85.1 Å². The molecule has 1 fully saturated rings. The summed E-state index contributed by atoms with van der Waals surface area (Å²) < 4.78 is 1.70. The molecule has 0 aliphatic heterocycles. The van der Waals surface area contributed by atoms with Crippen molar-refractivity contribution < 1.29 is 4.79 Å². The molecule has 1 amide bonds. The van der Waals surface area contributed by atoms with Crippen LogP contribution in [0.4, 0.5) is 5.69 Å². The SMILES string of the molecule is O=C(Nc1ccc(-c2ccc3nnc(-c4ccccn4)n3n2)cc1)C1CCCC1. The lowest BCUT2D eigenvalue weighted by atomic mass is 10.1. The van der Waals surface area contributed by atoms with Crippen LogP contribution in [0.2, 0.25) is 0 Å². The molecule has 5 rings (SSSR count). The van der Waals surface area contributed by atoms with Crippen LogP contribution in [0.3, 0.4) is 0 Å². The van der Waals surface area contributed by atoms with Gasteiger partial charge < -0.3 is 5.32 Å². The molecule has 4 aromatic rings. The minimum Gasteiger partial charge on any atom is -0.326 e. The molecule has 1 aromatic carbocycles. The standard InChI is InChI=1S/C22H20N6O/c29-22(16-5-1-2-6-16)24-17-10-8-15(9-11-17)18-12-13-20-25-26-21(28(20)27-18)19-7-3-4-14-23-19/h3-4,7-14,16H,1-2,5-6H2,(H,24,29). The molecular weight excluding hydrogens is 364 g/mol. The Kier molecular flexibility index (Phi) is 4.48. The van der Waals surface area contributed by atoms with Crippen LogP contribution in [0.1, 0.15) is 25.7 Å². The Morgan fingerprint density at radius 1 is 0.931 bits per heavy atom. The van der Waals surface area contributed by atoms with E-state index < -0.39 is 0 Å². The van der Waals surface area contributed by atoms with E-state index in [0.29, 0.717) is 11.5 Å². The Labute approximate surface area is 167 Å². The van der Waals surface area contributed by atoms with Gasteiger partial charge in [0.15, 0.2) is 5.65 Å². The third-order valence-corrected chi connectivity index (χ3v) is 5.33. The van der Waals surface area contributed by atoms with Crippen molar-refractivity contribution in [3.05, 3.63) is 60.8 Å². The number of pyridine rings is 1. The van der Waals surface area contributed by atoms with E-state index in [1.165, 1.54) is 0 Å². The Bertz CT molecular complexity index is 1150. The largest absolute Gasteiger partial charge is 0.326 e. The number of hydrogen-bond donors (Lipinski definition) is 1. The zero-order valence-electron chi connectivity index (χ0n) is 15.8. The number of anilines is 1. The van der Waals surface area contributed by atoms with E-state index >= 15 is 0 Å². The zero-order valence-corrected chi connectivity index (χ0v) is 15.8. The lowest BCUT2D eigenvalue weighted by Gasteiger charge is -2.11. The summed E-state index contributed by atoms with van der Waals surface area (Å²) in [6, 6.07) is 17.2. The Morgan fingerprint density at radius 3 is 2.52 bits per heavy atom. The highest BCUT2D eigenvalue weighted by Gasteiger charge is 2.22. The van der Waals surface area contributed by atoms with E-state index in [1.54, 1.807) is 10.7 Å². The molecule has 7 nitrogen and oxygen atoms in total. The maximum atomic E-state index is 12.3. The number of amides is 1. The average molecular weight is 384 g/mol. The van der Waals surface area contributed by atoms with Gasteiger partial charge in [-0.3, -0.25) is 9.78 Å². The Balaban J connectivity index is 1.41. The second-order valence-corrected chi connectivity index (χ2v) is 7.28. The summed E-state index contributed by atoms with van der Waals surface area (Å²) in [4.78, 5) is 16.7. The van der Waals surface area contributed by atoms with Gasteiger partial charge in [-0.15, -0.1) is 10.2 Å². The highest BCUT2D eigenvalue weighted by atomic mass is 16.1. The number of nitrogens with one attached hydrogen (secondary N) is 1. The number of nitrogens with zero attached hydrogens (tertiary/aromatic N) is 5. The van der Waals surface area contributed by atoms with Gasteiger partial charge in [0.1, 0.15) is 5.69 Å². The second-order valence-electron chi connectivity index (χ2n) is 7.28. The fourth-order valence-electron chi connectivity index (χ4n) is 3.75. The van der Waals surface area contributed by atoms with E-state index in [-0.39, 0.29) is 11.8 Å². The van der Waals surface area contributed by atoms with Gasteiger partial charge in [-0.05, 0) is 49.2 Å². The number of carbonyl (C=O) groups is 1. The van der Waals surface area contributed by atoms with Crippen molar-refractivity contribution in [1.82, 2.24) is 24.8 Å². The summed E-state index contributed by atoms with van der Waals surface area (Å²) in [7, 11) is 0. The van der Waals surface area contributed by atoms with Crippen LogP contribution in [-0.2, 0) is 4.79 Å². The highest BCUT2D eigenvalue weighted by molar-refractivity contribution is 5.92. The molecule has 3 aromatic heterocycles. The highest BCUT2D eigenvalue weighted by Crippen LogP contribution is 2.27. The van der Waals surface area contributed by atoms with Crippen molar-refractivity contribution in [3.63, 3.8) is 0 Å². The van der Waals surface area contributed by atoms with Gasteiger partial charge in [-0.25, -0.2) is 0 Å². The molecule has 0 atom stereocenters. The van der Waals surface area contributed by atoms with E-state index in [4.69, 9.17) is 5.10 Å². The van der Waals surface area contributed by atoms with E-state index in [9.17, 15) is 4.79 Å². The molecule has 7 heteroatoms. The van der Waals surface area contributed by atoms with E-state index in [2.05, 4.69) is 20.5 Å². The van der Waals surface area contributed by atoms with Crippen molar-refractivity contribution in [1.29, 1.82) is 0 Å². The minimum absolute atomic E-state index is 0.124. The van der Waals surface area contributed by atoms with Gasteiger partial charge in [-0.2, -0.15) is 9.61 Å². The maximum absolute atomic E-state index is 12.3. The van der Waals surface area contributed by atoms with Gasteiger partial charge in [0.25, 0.3) is 0 Å². The van der Waals surface area contributed by atoms with Crippen LogP contribution in [0.15, 0.2) is 60.8 Å². The molecule has 0 saturated heterocycles. The minimum atomic E-state index is 0.124. The van der Waals surface area contributed by atoms with Crippen molar-refractivity contribution in [3.8, 4) is 22.8 Å². The van der Waals surface area contributed by atoms with E-state index in [0.717, 1.165) is 48.3 Å². The molecule has 29 heavy (non-hydrogen) atoms. The van der Waals surface area contributed by atoms with Crippen LogP contribution in [0.25, 0.3) is 28.4 Å². The van der Waals surface area contributed by atoms with Gasteiger partial charge in [0, 0.05) is 23.4 Å². The third-order valence-electron chi connectivity index (χ3n) is 5.33. The first-order valence-corrected chi connectivity index (χ1v) is 9.83. The second kappa shape index (κ2) is 7.43. The van der Waals surface area contributed by atoms with Gasteiger partial charge in [0.05, 0.1) is 5.69 Å². The number of benzene rings is 1. The lowest BCUT2D eigenvalue weighted by Crippen LogP contribution is -2.20. The van der Waals surface area contributed by atoms with Crippen LogP contribution >= 0.6 is 0 Å². The smallest absolute Gasteiger partial charge is 0.227 e. The van der Waals surface area contributed by atoms with Crippen molar-refractivity contribution in [2.75, 3.05) is 5.32 Å². The maximum Gasteiger partial charge on any atom is 0.227 e. The summed E-state index contributed by atoms with van der Waals surface area (Å²) in [5.74, 6) is 0.875. The Hall–Kier alpha value is -3.61. The third kappa shape index (κ3) is 3.47. The summed E-state index contributed by atoms with van der Waals surface area (Å²) in [5.41, 5.74) is 3.93. The summed E-state index contributed by atoms with van der Waals surface area (Å²) >= 11 is 0. The number of carbonyl (C=O) groups excluding carboxylic acids is 1. The molecular formula is C22H20N6O. The quantitative estimate of drug-likeness (QED) is 0.575. The number of hydrogen-bond acceptors (Lipinski definition) is 5. The van der Waals surface area contributed by atoms with E-state index in [1.807, 2.05) is 54.6 Å². The Morgan fingerprint density at radius 2 is 1.76 bits per heavy atom. The molecule has 0 spiro atoms. The van der Waals surface area contributed by atoms with Crippen LogP contribution < -0.4 is 5.32 Å². The first-order valence-electron chi connectivity index (χ1n) is 9.83. The van der Waals surface area contributed by atoms with Crippen molar-refractivity contribution >= 4 is 17.2 Å². The number of rotatable bonds is 4. The molecule has 0 bridgehead atoms. The predicted molar refractivity (Wildman–Crippen MR) is 110 cm³/mol. The van der Waals surface area contributed by atoms with Gasteiger partial charge >= 0.3 is 0 Å². The normalized spacial score (nSPS) is 14.3. The van der Waals surface area contributed by atoms with Gasteiger partial charge in [0.2, 0.25) is 11.7 Å². The molecule has 3 heterocycles. The molecule has 1 aliphatic rings. The van der Waals surface area contributed by atoms with Crippen LogP contribution in [0, 0.1) is 5.92 Å². The molecule has 144 valence electrons. The van der Waals surface area contributed by atoms with Crippen molar-refractivity contribution in [2.24, 2.45) is 5.92 Å². The molecule has 1 aliphatic carbocycles. The van der Waals surface area contributed by atoms with Crippen molar-refractivity contribution in [2.45, 2.75) is 25.7 Å². The molecule has 0 radical (unpaired) electrons. The van der Waals surface area contributed by atoms with Gasteiger partial charge in [-0.1, -0.05) is 31.0 Å². The fourth-order valence-corrected chi connectivity index (χ4v) is 3.75. The molecule has 1 N–H and O–H groups in total. The predicted octanol–water partition coefficient (Wildman–Crippen LogP) is 3.98. The summed E-state index contributed by atoms with van der Waals surface area (Å²) in [5, 5.41) is 16.1. The van der Waals surface area contributed by atoms with Crippen LogP contribution in [0.5, 0.6) is 0 Å².